The minimum atomic E-state index is -0.879. The van der Waals surface area contributed by atoms with Gasteiger partial charge in [0.1, 0.15) is 11.3 Å². The van der Waals surface area contributed by atoms with E-state index in [-0.39, 0.29) is 33.0 Å². The first-order valence-corrected chi connectivity index (χ1v) is 6.33. The van der Waals surface area contributed by atoms with Gasteiger partial charge in [-0.25, -0.2) is 4.79 Å². The van der Waals surface area contributed by atoms with Crippen molar-refractivity contribution in [3.8, 4) is 5.75 Å². The first kappa shape index (κ1) is 18.7. The van der Waals surface area contributed by atoms with Crippen LogP contribution >= 0.6 is 0 Å². The molecule has 2 N–H and O–H groups in total. The Morgan fingerprint density at radius 1 is 1.04 bits per heavy atom. The molecule has 0 fully saturated rings. The largest absolute Gasteiger partial charge is 0.706 e. The Labute approximate surface area is 152 Å². The summed E-state index contributed by atoms with van der Waals surface area (Å²) in [5.74, 6) is -0.793. The van der Waals surface area contributed by atoms with Gasteiger partial charge in [-0.1, -0.05) is 18.2 Å². The number of benzene rings is 2. The van der Waals surface area contributed by atoms with Gasteiger partial charge in [-0.05, 0) is 36.4 Å². The van der Waals surface area contributed by atoms with Crippen LogP contribution in [-0.4, -0.2) is 21.2 Å². The molecule has 3 rings (SSSR count). The summed E-state index contributed by atoms with van der Waals surface area (Å²) in [6.07, 6.45) is 1.57. The average molecular weight is 407 g/mol. The molecule has 0 spiro atoms. The van der Waals surface area contributed by atoms with Gasteiger partial charge >= 0.3 is 5.97 Å². The number of carboxylic acid groups (broad SMARTS) is 1. The van der Waals surface area contributed by atoms with E-state index in [0.717, 1.165) is 0 Å². The monoisotopic (exact) mass is 408 g/mol. The molecule has 1 aromatic heterocycles. The Kier molecular flexibility index (Phi) is 7.26. The Balaban J connectivity index is 0.000000235. The molecule has 0 aliphatic carbocycles. The summed E-state index contributed by atoms with van der Waals surface area (Å²) in [6.45, 7) is 0. The molecule has 0 bridgehead atoms. The van der Waals surface area contributed by atoms with Gasteiger partial charge in [0.2, 0.25) is 0 Å². The van der Waals surface area contributed by atoms with Crippen LogP contribution in [0.15, 0.2) is 65.9 Å². The minimum absolute atomic E-state index is 0. The Bertz CT molecular complexity index is 810. The number of rotatable bonds is 2. The summed E-state index contributed by atoms with van der Waals surface area (Å²) in [6, 6.07) is 14.7. The van der Waals surface area contributed by atoms with E-state index >= 15 is 0 Å². The number of carboxylic acids is 1. The zero-order valence-corrected chi connectivity index (χ0v) is 16.2. The SMILES string of the molecule is O=C(O)c1ccccc1.[Cd].[N-]=Nc1ccc(O)c2ncccc12. The summed E-state index contributed by atoms with van der Waals surface area (Å²) < 4.78 is 0. The third-order valence-corrected chi connectivity index (χ3v) is 2.85. The molecule has 1 heterocycles. The fourth-order valence-electron chi connectivity index (χ4n) is 1.81. The quantitative estimate of drug-likeness (QED) is 0.496. The maximum Gasteiger partial charge on any atom is 0.335 e. The smallest absolute Gasteiger partial charge is 0.335 e. The van der Waals surface area contributed by atoms with Crippen LogP contribution in [0.3, 0.4) is 0 Å². The molecule has 0 amide bonds. The number of pyridine rings is 1. The molecule has 6 nitrogen and oxygen atoms in total. The maximum atomic E-state index is 10.2. The molecule has 23 heavy (non-hydrogen) atoms. The Morgan fingerprint density at radius 2 is 1.74 bits per heavy atom. The number of hydrogen-bond acceptors (Lipinski definition) is 4. The van der Waals surface area contributed by atoms with Crippen LogP contribution in [0.5, 0.6) is 5.75 Å². The number of aromatic nitrogens is 1. The van der Waals surface area contributed by atoms with Gasteiger partial charge in [-0.2, -0.15) is 0 Å². The number of fused-ring (bicyclic) bond motifs is 1. The molecule has 0 unspecified atom stereocenters. The second-order valence-corrected chi connectivity index (χ2v) is 4.27. The summed E-state index contributed by atoms with van der Waals surface area (Å²) in [5, 5.41) is 21.5. The molecule has 0 atom stereocenters. The fraction of sp³-hybridized carbons (Fsp3) is 0. The maximum absolute atomic E-state index is 10.2. The van der Waals surface area contributed by atoms with Gasteiger partial charge in [-0.3, -0.25) is 4.98 Å². The number of nitrogens with zero attached hydrogens (tertiary/aromatic N) is 3. The summed E-state index contributed by atoms with van der Waals surface area (Å²) in [4.78, 5) is 14.2. The Hall–Kier alpha value is -2.36. The van der Waals surface area contributed by atoms with Crippen LogP contribution in [0.2, 0.25) is 0 Å². The van der Waals surface area contributed by atoms with E-state index in [4.69, 9.17) is 10.6 Å². The van der Waals surface area contributed by atoms with Gasteiger partial charge in [-0.15, -0.1) is 0 Å². The second-order valence-electron chi connectivity index (χ2n) is 4.27. The second kappa shape index (κ2) is 8.93. The van der Waals surface area contributed by atoms with E-state index in [9.17, 15) is 9.90 Å². The zero-order valence-electron chi connectivity index (χ0n) is 12.1. The van der Waals surface area contributed by atoms with Crippen molar-refractivity contribution in [2.45, 2.75) is 0 Å². The molecule has 112 valence electrons. The predicted octanol–water partition coefficient (Wildman–Crippen LogP) is 3.98. The predicted molar refractivity (Wildman–Crippen MR) is 82.3 cm³/mol. The molecule has 7 heteroatoms. The molecular formula is C16H12CdN3O3-. The van der Waals surface area contributed by atoms with E-state index in [0.29, 0.717) is 22.2 Å². The first-order valence-electron chi connectivity index (χ1n) is 6.33. The number of phenolic OH excluding ortho intramolecular Hbond substituents is 1. The molecular weight excluding hydrogens is 395 g/mol. The normalized spacial score (nSPS) is 9.22. The van der Waals surface area contributed by atoms with Crippen molar-refractivity contribution in [3.05, 3.63) is 71.9 Å². The van der Waals surface area contributed by atoms with E-state index in [1.54, 1.807) is 48.7 Å². The molecule has 0 saturated carbocycles. The number of aromatic hydroxyl groups is 1. The van der Waals surface area contributed by atoms with E-state index in [1.807, 2.05) is 0 Å². The average Bonchev–Trinajstić information content (AvgIpc) is 2.57. The van der Waals surface area contributed by atoms with Crippen LogP contribution in [-0.2, 0) is 27.3 Å². The summed E-state index contributed by atoms with van der Waals surface area (Å²) in [5.41, 5.74) is 9.82. The van der Waals surface area contributed by atoms with Gasteiger partial charge in [0.25, 0.3) is 0 Å². The van der Waals surface area contributed by atoms with Crippen molar-refractivity contribution in [3.63, 3.8) is 0 Å². The molecule has 2 aromatic carbocycles. The van der Waals surface area contributed by atoms with E-state index < -0.39 is 5.97 Å². The topological polar surface area (TPSA) is 105 Å². The zero-order chi connectivity index (χ0) is 15.9. The molecule has 3 aromatic rings. The molecule has 0 radical (unpaired) electrons. The number of phenols is 1. The van der Waals surface area contributed by atoms with Gasteiger partial charge in [0.15, 0.2) is 0 Å². The third kappa shape index (κ3) is 4.81. The van der Waals surface area contributed by atoms with E-state index in [2.05, 4.69) is 10.1 Å². The van der Waals surface area contributed by atoms with Crippen LogP contribution in [0, 0.1) is 0 Å². The van der Waals surface area contributed by atoms with E-state index in [1.165, 1.54) is 12.1 Å². The number of aromatic carboxylic acids is 1. The fourth-order valence-corrected chi connectivity index (χ4v) is 1.81. The molecule has 0 aliphatic rings. The summed E-state index contributed by atoms with van der Waals surface area (Å²) >= 11 is 0. The number of hydrogen-bond donors (Lipinski definition) is 2. The van der Waals surface area contributed by atoms with Gasteiger partial charge in [0.05, 0.1) is 5.56 Å². The van der Waals surface area contributed by atoms with Crippen LogP contribution < -0.4 is 0 Å². The Morgan fingerprint density at radius 3 is 2.30 bits per heavy atom. The van der Waals surface area contributed by atoms with Crippen molar-refractivity contribution >= 4 is 22.6 Å². The minimum Gasteiger partial charge on any atom is -0.706 e. The first-order chi connectivity index (χ1) is 10.6. The van der Waals surface area contributed by atoms with Crippen molar-refractivity contribution < 1.29 is 42.3 Å². The third-order valence-electron chi connectivity index (χ3n) is 2.85. The van der Waals surface area contributed by atoms with Gasteiger partial charge in [0, 0.05) is 44.6 Å². The molecule has 0 saturated heterocycles. The van der Waals surface area contributed by atoms with Crippen molar-refractivity contribution in [1.29, 1.82) is 0 Å². The standard InChI is InChI=1S/C9H6N3O.C7H6O2.Cd/c10-12-7-3-4-8(13)9-6(7)2-1-5-11-9;8-7(9)6-4-2-1-3-5-6;/h1-5,13H;1-5H,(H,8,9);/q-1;;. The number of carbonyl (C=O) groups is 1. The van der Waals surface area contributed by atoms with Gasteiger partial charge < -0.3 is 20.9 Å². The van der Waals surface area contributed by atoms with Crippen LogP contribution in [0.25, 0.3) is 16.4 Å². The van der Waals surface area contributed by atoms with Crippen LogP contribution in [0.1, 0.15) is 10.4 Å². The molecule has 0 aliphatic heterocycles. The van der Waals surface area contributed by atoms with Crippen molar-refractivity contribution in [2.75, 3.05) is 0 Å². The van der Waals surface area contributed by atoms with Crippen molar-refractivity contribution in [2.24, 2.45) is 5.11 Å². The van der Waals surface area contributed by atoms with Crippen molar-refractivity contribution in [1.82, 2.24) is 4.98 Å². The summed E-state index contributed by atoms with van der Waals surface area (Å²) in [7, 11) is 0. The van der Waals surface area contributed by atoms with Crippen LogP contribution in [0.4, 0.5) is 5.69 Å².